The SMILES string of the molecule is COC(=O)COCCOCCOCCOCCOCCOCCOCCOCCOCCOCCOCCOCCOCC(=O)O. The highest BCUT2D eigenvalue weighted by Gasteiger charge is 2.00. The number of hydrogen-bond acceptors (Lipinski definition) is 16. The number of carboxylic acids is 1. The highest BCUT2D eigenvalue weighted by atomic mass is 16.6. The van der Waals surface area contributed by atoms with Gasteiger partial charge in [0.05, 0.1) is 166 Å². The van der Waals surface area contributed by atoms with Gasteiger partial charge in [-0.1, -0.05) is 0 Å². The van der Waals surface area contributed by atoms with E-state index >= 15 is 0 Å². The molecule has 0 aliphatic rings. The highest BCUT2D eigenvalue weighted by Crippen LogP contribution is 1.88. The molecule has 0 aliphatic heterocycles. The van der Waals surface area contributed by atoms with Crippen molar-refractivity contribution in [2.75, 3.05) is 179 Å². The quantitative estimate of drug-likeness (QED) is 0.0644. The third-order valence-electron chi connectivity index (χ3n) is 5.14. The molecule has 0 radical (unpaired) electrons. The molecule has 274 valence electrons. The van der Waals surface area contributed by atoms with Crippen LogP contribution in [0.1, 0.15) is 0 Å². The molecule has 0 spiro atoms. The Morgan fingerprint density at radius 3 is 0.674 bits per heavy atom. The number of rotatable bonds is 40. The maximum atomic E-state index is 10.9. The summed E-state index contributed by atoms with van der Waals surface area (Å²) in [6.45, 7) is 10.2. The Morgan fingerprint density at radius 2 is 0.500 bits per heavy atom. The fraction of sp³-hybridized carbons (Fsp3) is 0.931. The number of esters is 1. The summed E-state index contributed by atoms with van der Waals surface area (Å²) in [5.74, 6) is -1.41. The minimum Gasteiger partial charge on any atom is -0.480 e. The molecular weight excluding hydrogens is 620 g/mol. The second-order valence-corrected chi connectivity index (χ2v) is 8.81. The van der Waals surface area contributed by atoms with Crippen LogP contribution in [0.2, 0.25) is 0 Å². The maximum Gasteiger partial charge on any atom is 0.331 e. The third-order valence-corrected chi connectivity index (χ3v) is 5.14. The summed E-state index contributed by atoms with van der Waals surface area (Å²) >= 11 is 0. The smallest absolute Gasteiger partial charge is 0.331 e. The Labute approximate surface area is 272 Å². The van der Waals surface area contributed by atoms with Crippen molar-refractivity contribution in [2.45, 2.75) is 0 Å². The number of carbonyl (C=O) groups is 2. The van der Waals surface area contributed by atoms with Crippen LogP contribution in [0.3, 0.4) is 0 Å². The van der Waals surface area contributed by atoms with Crippen molar-refractivity contribution in [1.29, 1.82) is 0 Å². The lowest BCUT2D eigenvalue weighted by Gasteiger charge is -2.09. The van der Waals surface area contributed by atoms with Gasteiger partial charge in [0.15, 0.2) is 0 Å². The fourth-order valence-electron chi connectivity index (χ4n) is 2.91. The Morgan fingerprint density at radius 1 is 0.326 bits per heavy atom. The molecule has 0 rings (SSSR count). The molecule has 0 atom stereocenters. The van der Waals surface area contributed by atoms with Gasteiger partial charge in [0.2, 0.25) is 0 Å². The number of methoxy groups -OCH3 is 1. The number of carbonyl (C=O) groups excluding carboxylic acids is 1. The summed E-state index contributed by atoms with van der Waals surface area (Å²) in [7, 11) is 1.31. The predicted octanol–water partition coefficient (Wildman–Crippen LogP) is -0.540. The lowest BCUT2D eigenvalue weighted by molar-refractivity contribution is -0.146. The second-order valence-electron chi connectivity index (χ2n) is 8.81. The van der Waals surface area contributed by atoms with Crippen molar-refractivity contribution < 1.29 is 81.0 Å². The van der Waals surface area contributed by atoms with Crippen LogP contribution < -0.4 is 0 Å². The van der Waals surface area contributed by atoms with Crippen LogP contribution in [0.4, 0.5) is 0 Å². The van der Waals surface area contributed by atoms with Gasteiger partial charge >= 0.3 is 11.9 Å². The number of carboxylic acid groups (broad SMARTS) is 1. The summed E-state index contributed by atoms with van der Waals surface area (Å²) < 4.78 is 73.7. The molecule has 0 aromatic carbocycles. The van der Waals surface area contributed by atoms with Gasteiger partial charge in [-0.2, -0.15) is 0 Å². The Hall–Kier alpha value is -1.58. The standard InChI is InChI=1S/C29H56O17/c1-33-29(32)27-46-25-23-44-21-19-42-17-15-40-13-11-38-9-7-36-5-3-34-2-4-35-6-8-37-10-12-39-14-16-41-18-20-43-22-24-45-26-28(30)31/h2-27H2,1H3,(H,30,31). The van der Waals surface area contributed by atoms with Crippen molar-refractivity contribution in [3.05, 3.63) is 0 Å². The van der Waals surface area contributed by atoms with Crippen LogP contribution >= 0.6 is 0 Å². The minimum absolute atomic E-state index is 0.0763. The normalized spacial score (nSPS) is 11.3. The molecule has 0 saturated heterocycles. The van der Waals surface area contributed by atoms with Crippen molar-refractivity contribution in [3.8, 4) is 0 Å². The van der Waals surface area contributed by atoms with Gasteiger partial charge in [-0.25, -0.2) is 9.59 Å². The first kappa shape index (κ1) is 44.4. The Balaban J connectivity index is 3.06. The summed E-state index contributed by atoms with van der Waals surface area (Å²) in [5.41, 5.74) is 0. The van der Waals surface area contributed by atoms with Gasteiger partial charge in [-0.15, -0.1) is 0 Å². The van der Waals surface area contributed by atoms with E-state index in [2.05, 4.69) is 4.74 Å². The zero-order chi connectivity index (χ0) is 33.4. The van der Waals surface area contributed by atoms with Gasteiger partial charge in [-0.3, -0.25) is 0 Å². The third kappa shape index (κ3) is 40.4. The van der Waals surface area contributed by atoms with E-state index in [4.69, 9.17) is 66.7 Å². The number of hydrogen-bond donors (Lipinski definition) is 1. The lowest BCUT2D eigenvalue weighted by atomic mass is 10.6. The monoisotopic (exact) mass is 676 g/mol. The summed E-state index contributed by atoms with van der Waals surface area (Å²) in [5, 5.41) is 8.42. The Kier molecular flexibility index (Phi) is 38.2. The van der Waals surface area contributed by atoms with Crippen LogP contribution in [0, 0.1) is 0 Å². The van der Waals surface area contributed by atoms with E-state index in [0.29, 0.717) is 152 Å². The molecular formula is C29H56O17. The van der Waals surface area contributed by atoms with Crippen molar-refractivity contribution in [3.63, 3.8) is 0 Å². The summed E-state index contributed by atoms with van der Waals surface area (Å²) in [4.78, 5) is 21.1. The van der Waals surface area contributed by atoms with E-state index in [1.54, 1.807) is 0 Å². The van der Waals surface area contributed by atoms with E-state index in [9.17, 15) is 9.59 Å². The molecule has 0 saturated carbocycles. The molecule has 0 fully saturated rings. The molecule has 17 nitrogen and oxygen atoms in total. The first-order valence-electron chi connectivity index (χ1n) is 15.5. The maximum absolute atomic E-state index is 10.9. The molecule has 0 unspecified atom stereocenters. The van der Waals surface area contributed by atoms with E-state index in [1.807, 2.05) is 0 Å². The van der Waals surface area contributed by atoms with Crippen LogP contribution in [0.5, 0.6) is 0 Å². The fourth-order valence-corrected chi connectivity index (χ4v) is 2.91. The van der Waals surface area contributed by atoms with Gasteiger partial charge in [0, 0.05) is 0 Å². The van der Waals surface area contributed by atoms with E-state index in [0.717, 1.165) is 0 Å². The Bertz CT molecular complexity index is 629. The van der Waals surface area contributed by atoms with E-state index in [1.165, 1.54) is 7.11 Å². The largest absolute Gasteiger partial charge is 0.480 e. The first-order chi connectivity index (χ1) is 22.7. The van der Waals surface area contributed by atoms with Crippen LogP contribution in [0.25, 0.3) is 0 Å². The average molecular weight is 677 g/mol. The van der Waals surface area contributed by atoms with Crippen LogP contribution in [-0.2, 0) is 75.9 Å². The molecule has 0 amide bonds. The molecule has 0 bridgehead atoms. The van der Waals surface area contributed by atoms with E-state index in [-0.39, 0.29) is 19.8 Å². The second kappa shape index (κ2) is 39.6. The zero-order valence-electron chi connectivity index (χ0n) is 27.4. The van der Waals surface area contributed by atoms with Crippen LogP contribution in [0.15, 0.2) is 0 Å². The summed E-state index contributed by atoms with van der Waals surface area (Å²) in [6, 6.07) is 0. The van der Waals surface area contributed by atoms with Gasteiger partial charge in [0.1, 0.15) is 13.2 Å². The first-order valence-corrected chi connectivity index (χ1v) is 15.5. The van der Waals surface area contributed by atoms with E-state index < -0.39 is 11.9 Å². The lowest BCUT2D eigenvalue weighted by Crippen LogP contribution is -2.16. The van der Waals surface area contributed by atoms with Crippen molar-refractivity contribution in [2.24, 2.45) is 0 Å². The van der Waals surface area contributed by atoms with Crippen molar-refractivity contribution >= 4 is 11.9 Å². The topological polar surface area (TPSA) is 184 Å². The zero-order valence-corrected chi connectivity index (χ0v) is 27.4. The average Bonchev–Trinajstić information content (AvgIpc) is 3.05. The highest BCUT2D eigenvalue weighted by molar-refractivity contribution is 5.70. The van der Waals surface area contributed by atoms with Gasteiger partial charge in [0.25, 0.3) is 0 Å². The molecule has 0 heterocycles. The number of aliphatic carboxylic acids is 1. The van der Waals surface area contributed by atoms with Crippen LogP contribution in [-0.4, -0.2) is 196 Å². The molecule has 17 heteroatoms. The summed E-state index contributed by atoms with van der Waals surface area (Å²) in [6.07, 6.45) is 0. The van der Waals surface area contributed by atoms with Gasteiger partial charge < -0.3 is 71.4 Å². The minimum atomic E-state index is -1.000. The molecule has 1 N–H and O–H groups in total. The number of ether oxygens (including phenoxy) is 14. The predicted molar refractivity (Wildman–Crippen MR) is 160 cm³/mol. The molecule has 0 aromatic rings. The van der Waals surface area contributed by atoms with Crippen molar-refractivity contribution in [1.82, 2.24) is 0 Å². The molecule has 0 aliphatic carbocycles. The van der Waals surface area contributed by atoms with Gasteiger partial charge in [-0.05, 0) is 0 Å². The molecule has 0 aromatic heterocycles. The molecule has 46 heavy (non-hydrogen) atoms.